The molecule has 3 nitrogen and oxygen atoms in total. The van der Waals surface area contributed by atoms with Gasteiger partial charge < -0.3 is 4.74 Å². The first-order chi connectivity index (χ1) is 11.7. The zero-order valence-corrected chi connectivity index (χ0v) is 16.2. The van der Waals surface area contributed by atoms with Crippen molar-refractivity contribution in [3.05, 3.63) is 71.8 Å². The molecule has 25 heavy (non-hydrogen) atoms. The van der Waals surface area contributed by atoms with E-state index in [0.717, 1.165) is 22.4 Å². The summed E-state index contributed by atoms with van der Waals surface area (Å²) in [6.07, 6.45) is 2.26. The smallest absolute Gasteiger partial charge is 0.179 e. The number of sulfone groups is 1. The van der Waals surface area contributed by atoms with E-state index in [4.69, 9.17) is 4.74 Å². The summed E-state index contributed by atoms with van der Waals surface area (Å²) in [6.45, 7) is 9.50. The third kappa shape index (κ3) is 4.95. The van der Waals surface area contributed by atoms with Gasteiger partial charge in [0.15, 0.2) is 9.84 Å². The van der Waals surface area contributed by atoms with Gasteiger partial charge in [-0.25, -0.2) is 8.42 Å². The average Bonchev–Trinajstić information content (AvgIpc) is 2.54. The summed E-state index contributed by atoms with van der Waals surface area (Å²) in [4.78, 5) is 0.406. The van der Waals surface area contributed by atoms with Gasteiger partial charge >= 0.3 is 0 Å². The van der Waals surface area contributed by atoms with Gasteiger partial charge in [0.1, 0.15) is 5.75 Å². The summed E-state index contributed by atoms with van der Waals surface area (Å²) in [6, 6.07) is 13.2. The van der Waals surface area contributed by atoms with Crippen molar-refractivity contribution in [1.29, 1.82) is 0 Å². The zero-order chi connectivity index (χ0) is 18.7. The monoisotopic (exact) mass is 358 g/mol. The molecule has 0 aliphatic rings. The molecule has 0 saturated heterocycles. The molecule has 0 radical (unpaired) electrons. The second-order valence-corrected chi connectivity index (χ2v) is 9.05. The van der Waals surface area contributed by atoms with Crippen molar-refractivity contribution in [2.24, 2.45) is 5.41 Å². The molecule has 134 valence electrons. The normalized spacial score (nSPS) is 12.0. The highest BCUT2D eigenvalue weighted by Crippen LogP contribution is 2.28. The van der Waals surface area contributed by atoms with E-state index in [1.807, 2.05) is 57.2 Å². The maximum Gasteiger partial charge on any atom is 0.179 e. The highest BCUT2D eigenvalue weighted by Gasteiger charge is 2.27. The molecular formula is C21H26O3S. The van der Waals surface area contributed by atoms with E-state index in [1.165, 1.54) is 0 Å². The standard InChI is InChI=1S/C21H26O3S/c1-6-21(3,4)15-25(22,23)20-12-7-16(2)13-18(20)14-17-8-10-19(24-5)11-9-17/h6-13H,1,14-15H2,2-5H3. The van der Waals surface area contributed by atoms with Crippen molar-refractivity contribution in [2.75, 3.05) is 12.9 Å². The lowest BCUT2D eigenvalue weighted by atomic mass is 9.97. The van der Waals surface area contributed by atoms with E-state index in [0.29, 0.717) is 11.3 Å². The summed E-state index contributed by atoms with van der Waals surface area (Å²) in [7, 11) is -1.78. The minimum absolute atomic E-state index is 0.0438. The van der Waals surface area contributed by atoms with Crippen molar-refractivity contribution >= 4 is 9.84 Å². The first kappa shape index (κ1) is 19.3. The fourth-order valence-electron chi connectivity index (χ4n) is 2.74. The van der Waals surface area contributed by atoms with Crippen molar-refractivity contribution in [3.8, 4) is 5.75 Å². The molecule has 0 heterocycles. The van der Waals surface area contributed by atoms with Gasteiger partial charge in [0.25, 0.3) is 0 Å². The number of ether oxygens (including phenoxy) is 1. The van der Waals surface area contributed by atoms with Crippen molar-refractivity contribution in [1.82, 2.24) is 0 Å². The van der Waals surface area contributed by atoms with Crippen LogP contribution in [-0.4, -0.2) is 21.3 Å². The molecule has 0 atom stereocenters. The van der Waals surface area contributed by atoms with Gasteiger partial charge in [-0.3, -0.25) is 0 Å². The van der Waals surface area contributed by atoms with E-state index >= 15 is 0 Å². The fraction of sp³-hybridized carbons (Fsp3) is 0.333. The number of rotatable bonds is 7. The van der Waals surface area contributed by atoms with Gasteiger partial charge in [-0.1, -0.05) is 49.8 Å². The van der Waals surface area contributed by atoms with Gasteiger partial charge in [0.2, 0.25) is 0 Å². The molecule has 0 fully saturated rings. The number of benzene rings is 2. The quantitative estimate of drug-likeness (QED) is 0.681. The molecule has 0 aliphatic heterocycles. The summed E-state index contributed by atoms with van der Waals surface area (Å²) in [5.41, 5.74) is 2.45. The first-order valence-corrected chi connectivity index (χ1v) is 9.91. The molecule has 0 saturated carbocycles. The van der Waals surface area contributed by atoms with Crippen molar-refractivity contribution in [3.63, 3.8) is 0 Å². The van der Waals surface area contributed by atoms with Crippen molar-refractivity contribution < 1.29 is 13.2 Å². The SMILES string of the molecule is C=CC(C)(C)CS(=O)(=O)c1ccc(C)cc1Cc1ccc(OC)cc1. The second kappa shape index (κ2) is 7.44. The summed E-state index contributed by atoms with van der Waals surface area (Å²) in [5.74, 6) is 0.830. The van der Waals surface area contributed by atoms with E-state index < -0.39 is 15.3 Å². The molecule has 0 amide bonds. The Kier molecular flexibility index (Phi) is 5.73. The number of allylic oxidation sites excluding steroid dienone is 1. The third-order valence-electron chi connectivity index (χ3n) is 4.22. The van der Waals surface area contributed by atoms with Crippen LogP contribution >= 0.6 is 0 Å². The van der Waals surface area contributed by atoms with Crippen LogP contribution in [0.5, 0.6) is 5.75 Å². The lowest BCUT2D eigenvalue weighted by molar-refractivity contribution is 0.414. The highest BCUT2D eigenvalue weighted by molar-refractivity contribution is 7.91. The highest BCUT2D eigenvalue weighted by atomic mass is 32.2. The van der Waals surface area contributed by atoms with Crippen LogP contribution in [0.3, 0.4) is 0 Å². The minimum atomic E-state index is -3.41. The number of methoxy groups -OCH3 is 1. The molecule has 0 N–H and O–H groups in total. The van der Waals surface area contributed by atoms with Crippen LogP contribution in [0.4, 0.5) is 0 Å². The van der Waals surface area contributed by atoms with Crippen LogP contribution in [0, 0.1) is 12.3 Å². The van der Waals surface area contributed by atoms with Crippen molar-refractivity contribution in [2.45, 2.75) is 32.1 Å². The van der Waals surface area contributed by atoms with Crippen LogP contribution in [0.1, 0.15) is 30.5 Å². The first-order valence-electron chi connectivity index (χ1n) is 8.26. The third-order valence-corrected chi connectivity index (χ3v) is 6.41. The Morgan fingerprint density at radius 1 is 1.12 bits per heavy atom. The van der Waals surface area contributed by atoms with Crippen LogP contribution in [0.25, 0.3) is 0 Å². The van der Waals surface area contributed by atoms with E-state index in [2.05, 4.69) is 6.58 Å². The summed E-state index contributed by atoms with van der Waals surface area (Å²) in [5, 5.41) is 0. The molecule has 0 aliphatic carbocycles. The largest absolute Gasteiger partial charge is 0.497 e. The number of aryl methyl sites for hydroxylation is 1. The van der Waals surface area contributed by atoms with Gasteiger partial charge in [-0.05, 0) is 48.1 Å². The lowest BCUT2D eigenvalue weighted by Gasteiger charge is -2.21. The second-order valence-electron chi connectivity index (χ2n) is 7.09. The van der Waals surface area contributed by atoms with Crippen LogP contribution in [0.2, 0.25) is 0 Å². The van der Waals surface area contributed by atoms with Gasteiger partial charge in [0, 0.05) is 0 Å². The van der Waals surface area contributed by atoms with Crippen LogP contribution in [-0.2, 0) is 16.3 Å². The van der Waals surface area contributed by atoms with Gasteiger partial charge in [0.05, 0.1) is 17.8 Å². The Labute approximate surface area is 151 Å². The van der Waals surface area contributed by atoms with Crippen LogP contribution in [0.15, 0.2) is 60.0 Å². The minimum Gasteiger partial charge on any atom is -0.497 e. The zero-order valence-electron chi connectivity index (χ0n) is 15.4. The fourth-order valence-corrected chi connectivity index (χ4v) is 4.80. The molecule has 2 aromatic rings. The predicted octanol–water partition coefficient (Wildman–Crippen LogP) is 4.58. The summed E-state index contributed by atoms with van der Waals surface area (Å²) < 4.78 is 31.1. The van der Waals surface area contributed by atoms with Crippen LogP contribution < -0.4 is 4.74 Å². The Morgan fingerprint density at radius 3 is 2.32 bits per heavy atom. The predicted molar refractivity (Wildman–Crippen MR) is 103 cm³/mol. The Bertz CT molecular complexity index is 847. The molecule has 0 bridgehead atoms. The maximum atomic E-state index is 13.0. The average molecular weight is 359 g/mol. The molecule has 0 unspecified atom stereocenters. The Morgan fingerprint density at radius 2 is 1.76 bits per heavy atom. The molecule has 2 rings (SSSR count). The maximum absolute atomic E-state index is 13.0. The number of hydrogen-bond acceptors (Lipinski definition) is 3. The molecule has 0 spiro atoms. The van der Waals surface area contributed by atoms with Gasteiger partial charge in [-0.2, -0.15) is 0 Å². The Hall–Kier alpha value is -2.07. The molecule has 4 heteroatoms. The molecule has 2 aromatic carbocycles. The lowest BCUT2D eigenvalue weighted by Crippen LogP contribution is -2.22. The number of hydrogen-bond donors (Lipinski definition) is 0. The van der Waals surface area contributed by atoms with E-state index in [9.17, 15) is 8.42 Å². The van der Waals surface area contributed by atoms with E-state index in [1.54, 1.807) is 19.3 Å². The topological polar surface area (TPSA) is 43.4 Å². The molecule has 0 aromatic heterocycles. The van der Waals surface area contributed by atoms with Gasteiger partial charge in [-0.15, -0.1) is 6.58 Å². The summed E-state index contributed by atoms with van der Waals surface area (Å²) >= 11 is 0. The molecular weight excluding hydrogens is 332 g/mol. The Balaban J connectivity index is 2.41. The van der Waals surface area contributed by atoms with E-state index in [-0.39, 0.29) is 5.75 Å².